The van der Waals surface area contributed by atoms with E-state index in [9.17, 15) is 14.7 Å². The monoisotopic (exact) mass is 520 g/mol. The van der Waals surface area contributed by atoms with Gasteiger partial charge in [-0.3, -0.25) is 9.59 Å². The Labute approximate surface area is 223 Å². The molecular weight excluding hydrogens is 484 g/mol. The van der Waals surface area contributed by atoms with E-state index in [1.165, 1.54) is 17.4 Å². The fourth-order valence-electron chi connectivity index (χ4n) is 5.06. The number of ether oxygens (including phenoxy) is 2. The molecule has 0 bridgehead atoms. The van der Waals surface area contributed by atoms with Crippen molar-refractivity contribution in [1.29, 1.82) is 0 Å². The minimum Gasteiger partial charge on any atom is -0.497 e. The van der Waals surface area contributed by atoms with Crippen LogP contribution in [-0.2, 0) is 31.9 Å². The molecule has 0 radical (unpaired) electrons. The van der Waals surface area contributed by atoms with E-state index in [2.05, 4.69) is 15.3 Å². The van der Waals surface area contributed by atoms with Crippen LogP contribution in [0.4, 0.5) is 0 Å². The number of aliphatic hydroxyl groups is 1. The maximum atomic E-state index is 14.4. The fourth-order valence-corrected chi connectivity index (χ4v) is 5.06. The number of imidazole rings is 1. The van der Waals surface area contributed by atoms with Gasteiger partial charge in [-0.15, -0.1) is 0 Å². The number of amides is 2. The van der Waals surface area contributed by atoms with E-state index in [1.807, 2.05) is 50.2 Å². The number of carbonyl (C=O) groups is 2. The Morgan fingerprint density at radius 2 is 1.95 bits per heavy atom. The molecule has 3 N–H and O–H groups in total. The first kappa shape index (κ1) is 27.3. The van der Waals surface area contributed by atoms with Crippen LogP contribution in [0.2, 0.25) is 0 Å². The fraction of sp³-hybridized carbons (Fsp3) is 0.414. The molecule has 9 nitrogen and oxygen atoms in total. The number of aromatic amines is 1. The summed E-state index contributed by atoms with van der Waals surface area (Å²) in [5.41, 5.74) is 0.438. The highest BCUT2D eigenvalue weighted by atomic mass is 16.5. The van der Waals surface area contributed by atoms with Gasteiger partial charge in [0.15, 0.2) is 17.4 Å². The van der Waals surface area contributed by atoms with Crippen LogP contribution in [0.15, 0.2) is 61.1 Å². The van der Waals surface area contributed by atoms with Crippen molar-refractivity contribution in [2.45, 2.75) is 57.4 Å². The molecule has 1 saturated heterocycles. The first-order chi connectivity index (χ1) is 18.3. The number of nitrogens with one attached hydrogen (secondary N) is 2. The Bertz CT molecular complexity index is 1250. The van der Waals surface area contributed by atoms with Crippen LogP contribution in [0, 0.1) is 6.92 Å². The molecule has 38 heavy (non-hydrogen) atoms. The molecule has 2 aromatic carbocycles. The highest BCUT2D eigenvalue weighted by Gasteiger charge is 2.60. The third-order valence-corrected chi connectivity index (χ3v) is 7.17. The highest BCUT2D eigenvalue weighted by molar-refractivity contribution is 5.93. The zero-order valence-corrected chi connectivity index (χ0v) is 22.4. The van der Waals surface area contributed by atoms with E-state index in [4.69, 9.17) is 9.47 Å². The zero-order valence-electron chi connectivity index (χ0n) is 22.4. The lowest BCUT2D eigenvalue weighted by molar-refractivity contribution is -0.266. The van der Waals surface area contributed by atoms with Crippen LogP contribution in [0.5, 0.6) is 5.75 Å². The third kappa shape index (κ3) is 4.91. The number of likely N-dealkylation sites (tertiary alicyclic amines) is 1. The van der Waals surface area contributed by atoms with Gasteiger partial charge in [0.1, 0.15) is 5.75 Å². The number of H-pyrrole nitrogens is 1. The molecule has 3 atom stereocenters. The molecule has 2 amide bonds. The number of aryl methyl sites for hydroxylation is 1. The number of methoxy groups -OCH3 is 1. The first-order valence-electron chi connectivity index (χ1n) is 12.9. The van der Waals surface area contributed by atoms with Crippen LogP contribution in [0.3, 0.4) is 0 Å². The number of nitrogens with zero attached hydrogens (tertiary/aromatic N) is 2. The Morgan fingerprint density at radius 1 is 1.21 bits per heavy atom. The van der Waals surface area contributed by atoms with E-state index < -0.39 is 23.3 Å². The first-order valence-corrected chi connectivity index (χ1v) is 12.9. The van der Waals surface area contributed by atoms with E-state index in [0.717, 1.165) is 23.1 Å². The van der Waals surface area contributed by atoms with Crippen molar-refractivity contribution in [2.24, 2.45) is 0 Å². The molecule has 1 fully saturated rings. The van der Waals surface area contributed by atoms with Crippen molar-refractivity contribution in [3.63, 3.8) is 0 Å². The van der Waals surface area contributed by atoms with Crippen molar-refractivity contribution < 1.29 is 24.2 Å². The predicted octanol–water partition coefficient (Wildman–Crippen LogP) is 3.17. The number of aromatic nitrogens is 2. The number of hydrogen-bond acceptors (Lipinski definition) is 6. The van der Waals surface area contributed by atoms with Gasteiger partial charge < -0.3 is 29.8 Å². The molecule has 0 saturated carbocycles. The van der Waals surface area contributed by atoms with Crippen molar-refractivity contribution in [2.75, 3.05) is 20.3 Å². The average Bonchev–Trinajstić information content (AvgIpc) is 3.48. The SMILES string of the molecule is CCCO[C@@]1(c2ccccc2C)CN(C(=O)[C@@](Cc2ccc(OC)cc2)(NC(=O)CC)c2cnc[nH]2)[C@H]1O. The van der Waals surface area contributed by atoms with Crippen LogP contribution >= 0.6 is 0 Å². The summed E-state index contributed by atoms with van der Waals surface area (Å²) < 4.78 is 11.5. The molecule has 4 rings (SSSR count). The number of carbonyl (C=O) groups excluding carboxylic acids is 2. The topological polar surface area (TPSA) is 117 Å². The summed E-state index contributed by atoms with van der Waals surface area (Å²) in [7, 11) is 1.58. The van der Waals surface area contributed by atoms with Crippen LogP contribution in [-0.4, -0.2) is 58.3 Å². The highest BCUT2D eigenvalue weighted by Crippen LogP contribution is 2.44. The average molecular weight is 521 g/mol. The molecule has 0 aliphatic carbocycles. The molecule has 0 spiro atoms. The van der Waals surface area contributed by atoms with Gasteiger partial charge >= 0.3 is 0 Å². The number of rotatable bonds is 11. The molecule has 1 aliphatic rings. The van der Waals surface area contributed by atoms with Crippen molar-refractivity contribution in [3.8, 4) is 5.75 Å². The second-order valence-electron chi connectivity index (χ2n) is 9.66. The maximum Gasteiger partial charge on any atom is 0.257 e. The summed E-state index contributed by atoms with van der Waals surface area (Å²) in [6, 6.07) is 15.0. The minimum absolute atomic E-state index is 0.137. The Hall–Kier alpha value is -3.69. The van der Waals surface area contributed by atoms with Gasteiger partial charge in [-0.05, 0) is 42.2 Å². The van der Waals surface area contributed by atoms with E-state index >= 15 is 0 Å². The lowest BCUT2D eigenvalue weighted by Gasteiger charge is -2.56. The van der Waals surface area contributed by atoms with E-state index in [1.54, 1.807) is 26.2 Å². The molecule has 2 heterocycles. The summed E-state index contributed by atoms with van der Waals surface area (Å²) in [5, 5.41) is 14.6. The standard InChI is InChI=1S/C29H36N4O5/c1-5-15-38-29(23-10-8-7-9-20(23)3)18-33(27(29)36)26(35)28(32-25(34)6-2,24-17-30-19-31-24)16-21-11-13-22(37-4)14-12-21/h7-14,17,19,27,36H,5-6,15-16,18H2,1-4H3,(H,30,31)(H,32,34)/t27-,28-,29+/m0/s1. The van der Waals surface area contributed by atoms with Gasteiger partial charge in [-0.2, -0.15) is 0 Å². The molecule has 1 aromatic heterocycles. The second kappa shape index (κ2) is 11.4. The summed E-state index contributed by atoms with van der Waals surface area (Å²) in [5.74, 6) is -0.0703. The Balaban J connectivity index is 1.75. The summed E-state index contributed by atoms with van der Waals surface area (Å²) in [6.07, 6.45) is 2.83. The summed E-state index contributed by atoms with van der Waals surface area (Å²) in [6.45, 7) is 6.25. The minimum atomic E-state index is -1.53. The van der Waals surface area contributed by atoms with Crippen molar-refractivity contribution in [1.82, 2.24) is 20.2 Å². The van der Waals surface area contributed by atoms with Gasteiger partial charge in [0.05, 0.1) is 31.9 Å². The lowest BCUT2D eigenvalue weighted by atomic mass is 9.78. The zero-order chi connectivity index (χ0) is 27.3. The van der Waals surface area contributed by atoms with Crippen LogP contribution in [0.25, 0.3) is 0 Å². The van der Waals surface area contributed by atoms with Gasteiger partial charge in [-0.25, -0.2) is 4.98 Å². The smallest absolute Gasteiger partial charge is 0.257 e. The van der Waals surface area contributed by atoms with Gasteiger partial charge in [0.25, 0.3) is 5.91 Å². The van der Waals surface area contributed by atoms with Crippen molar-refractivity contribution in [3.05, 3.63) is 83.4 Å². The Morgan fingerprint density at radius 3 is 2.53 bits per heavy atom. The van der Waals surface area contributed by atoms with E-state index in [-0.39, 0.29) is 25.3 Å². The van der Waals surface area contributed by atoms with Gasteiger partial charge in [0.2, 0.25) is 5.91 Å². The number of hydrogen-bond donors (Lipinski definition) is 3. The van der Waals surface area contributed by atoms with Crippen molar-refractivity contribution >= 4 is 11.8 Å². The third-order valence-electron chi connectivity index (χ3n) is 7.17. The van der Waals surface area contributed by atoms with Gasteiger partial charge in [-0.1, -0.05) is 50.2 Å². The number of aliphatic hydroxyl groups excluding tert-OH is 1. The maximum absolute atomic E-state index is 14.4. The Kier molecular flexibility index (Phi) is 8.18. The summed E-state index contributed by atoms with van der Waals surface area (Å²) >= 11 is 0. The molecule has 0 unspecified atom stereocenters. The lowest BCUT2D eigenvalue weighted by Crippen LogP contribution is -2.74. The van der Waals surface area contributed by atoms with Crippen LogP contribution in [0.1, 0.15) is 49.1 Å². The second-order valence-corrected chi connectivity index (χ2v) is 9.66. The quantitative estimate of drug-likeness (QED) is 0.358. The molecular formula is C29H36N4O5. The molecule has 9 heteroatoms. The summed E-state index contributed by atoms with van der Waals surface area (Å²) in [4.78, 5) is 35.8. The van der Waals surface area contributed by atoms with Crippen LogP contribution < -0.4 is 10.1 Å². The van der Waals surface area contributed by atoms with E-state index in [0.29, 0.717) is 18.1 Å². The van der Waals surface area contributed by atoms with Gasteiger partial charge in [0, 0.05) is 19.4 Å². The largest absolute Gasteiger partial charge is 0.497 e. The number of benzene rings is 2. The molecule has 3 aromatic rings. The predicted molar refractivity (Wildman–Crippen MR) is 142 cm³/mol. The molecule has 202 valence electrons. The molecule has 1 aliphatic heterocycles. The normalized spacial score (nSPS) is 20.3.